The van der Waals surface area contributed by atoms with Crippen molar-refractivity contribution >= 4 is 34.0 Å². The number of pyridine rings is 2. The number of imidazole rings is 1. The maximum Gasteiger partial charge on any atom is 0.210 e. The smallest absolute Gasteiger partial charge is 0.210 e. The average molecular weight is 487 g/mol. The predicted octanol–water partition coefficient (Wildman–Crippen LogP) is 5.14. The molecule has 0 spiro atoms. The molecule has 0 bridgehead atoms. The van der Waals surface area contributed by atoms with E-state index in [0.717, 1.165) is 46.7 Å². The van der Waals surface area contributed by atoms with Gasteiger partial charge in [0.2, 0.25) is 5.95 Å². The van der Waals surface area contributed by atoms with Crippen LogP contribution in [0.5, 0.6) is 11.5 Å². The minimum atomic E-state index is -0.0495. The van der Waals surface area contributed by atoms with Crippen LogP contribution < -0.4 is 10.1 Å². The van der Waals surface area contributed by atoms with Crippen LogP contribution in [0, 0.1) is 6.92 Å². The van der Waals surface area contributed by atoms with Crippen molar-refractivity contribution in [1.29, 1.82) is 0 Å². The highest BCUT2D eigenvalue weighted by molar-refractivity contribution is 5.84. The van der Waals surface area contributed by atoms with E-state index < -0.39 is 0 Å². The molecule has 1 aliphatic rings. The molecule has 5 aromatic heterocycles. The topological polar surface area (TPSA) is 108 Å². The monoisotopic (exact) mass is 486 g/mol. The van der Waals surface area contributed by atoms with Gasteiger partial charge in [-0.15, -0.1) is 0 Å². The van der Waals surface area contributed by atoms with E-state index in [1.807, 2.05) is 37.0 Å². The maximum atomic E-state index is 6.17. The first-order valence-electron chi connectivity index (χ1n) is 12.1. The highest BCUT2D eigenvalue weighted by atomic mass is 16.5. The summed E-state index contributed by atoms with van der Waals surface area (Å²) in [5, 5.41) is 9.22. The molecule has 10 heteroatoms. The zero-order chi connectivity index (χ0) is 25.0. The largest absolute Gasteiger partial charge is 0.453 e. The van der Waals surface area contributed by atoms with Crippen molar-refractivity contribution in [3.63, 3.8) is 0 Å². The molecule has 1 saturated heterocycles. The van der Waals surface area contributed by atoms with E-state index in [2.05, 4.69) is 57.9 Å². The van der Waals surface area contributed by atoms with Gasteiger partial charge in [-0.1, -0.05) is 20.8 Å². The Morgan fingerprint density at radius 3 is 2.81 bits per heavy atom. The van der Waals surface area contributed by atoms with E-state index in [-0.39, 0.29) is 11.5 Å². The second-order valence-electron chi connectivity index (χ2n) is 10.4. The zero-order valence-corrected chi connectivity index (χ0v) is 21.2. The minimum Gasteiger partial charge on any atom is -0.453 e. The molecule has 0 radical (unpaired) electrons. The molecule has 1 fully saturated rings. The number of nitrogens with zero attached hydrogens (tertiary/aromatic N) is 6. The van der Waals surface area contributed by atoms with E-state index in [0.29, 0.717) is 29.7 Å². The Morgan fingerprint density at radius 2 is 2.03 bits per heavy atom. The predicted molar refractivity (Wildman–Crippen MR) is 138 cm³/mol. The van der Waals surface area contributed by atoms with Gasteiger partial charge in [0.25, 0.3) is 0 Å². The van der Waals surface area contributed by atoms with Gasteiger partial charge in [0, 0.05) is 49.3 Å². The summed E-state index contributed by atoms with van der Waals surface area (Å²) in [6, 6.07) is 6.35. The van der Waals surface area contributed by atoms with Gasteiger partial charge in [-0.3, -0.25) is 4.68 Å². The second-order valence-corrected chi connectivity index (χ2v) is 10.4. The van der Waals surface area contributed by atoms with Crippen LogP contribution in [0.25, 0.3) is 22.2 Å². The summed E-state index contributed by atoms with van der Waals surface area (Å²) in [7, 11) is 1.95. The molecular weight excluding hydrogens is 456 g/mol. The average Bonchev–Trinajstić information content (AvgIpc) is 3.62. The van der Waals surface area contributed by atoms with Crippen LogP contribution in [0.1, 0.15) is 44.5 Å². The third kappa shape index (κ3) is 3.97. The molecule has 10 nitrogen and oxygen atoms in total. The number of H-pyrrole nitrogens is 1. The highest BCUT2D eigenvalue weighted by Gasteiger charge is 2.28. The first-order chi connectivity index (χ1) is 17.3. The van der Waals surface area contributed by atoms with Crippen LogP contribution in [0.2, 0.25) is 0 Å². The molecule has 6 heterocycles. The van der Waals surface area contributed by atoms with Crippen LogP contribution in [0.4, 0.5) is 11.8 Å². The highest BCUT2D eigenvalue weighted by Crippen LogP contribution is 2.33. The standard InChI is InChI=1S/C26H30N8O2/c1-15-8-18-20(13-29-23(18)27-11-15)36-17-9-19-24(28-12-17)31-25(33(19)5)30-22-10-21(26(2,3)4)34(32-22)16-6-7-35-14-16/h8-13,16H,6-7,14H2,1-5H3,(H,27,29)(H,28,30,31,32). The summed E-state index contributed by atoms with van der Waals surface area (Å²) in [5.41, 5.74) is 4.45. The van der Waals surface area contributed by atoms with Crippen molar-refractivity contribution in [3.05, 3.63) is 48.0 Å². The number of anilines is 2. The quantitative estimate of drug-likeness (QED) is 0.354. The number of hydrogen-bond acceptors (Lipinski definition) is 7. The van der Waals surface area contributed by atoms with Gasteiger partial charge in [0.15, 0.2) is 17.2 Å². The molecule has 1 atom stereocenters. The molecule has 2 N–H and O–H groups in total. The summed E-state index contributed by atoms with van der Waals surface area (Å²) >= 11 is 0. The number of aromatic nitrogens is 7. The van der Waals surface area contributed by atoms with Crippen molar-refractivity contribution in [2.24, 2.45) is 7.05 Å². The number of hydrogen-bond donors (Lipinski definition) is 2. The Balaban J connectivity index is 1.30. The lowest BCUT2D eigenvalue weighted by molar-refractivity contribution is 0.183. The third-order valence-electron chi connectivity index (χ3n) is 6.57. The molecule has 0 saturated carbocycles. The molecule has 1 aliphatic heterocycles. The zero-order valence-electron chi connectivity index (χ0n) is 21.2. The number of rotatable bonds is 5. The maximum absolute atomic E-state index is 6.17. The Bertz CT molecular complexity index is 1570. The Kier molecular flexibility index (Phi) is 5.22. The fraction of sp³-hybridized carbons (Fsp3) is 0.385. The van der Waals surface area contributed by atoms with Crippen LogP contribution in [-0.4, -0.2) is 47.5 Å². The number of fused-ring (bicyclic) bond motifs is 2. The summed E-state index contributed by atoms with van der Waals surface area (Å²) in [6.07, 6.45) is 6.30. The fourth-order valence-electron chi connectivity index (χ4n) is 4.64. The van der Waals surface area contributed by atoms with Crippen LogP contribution in [-0.2, 0) is 17.2 Å². The van der Waals surface area contributed by atoms with Crippen molar-refractivity contribution in [3.8, 4) is 11.5 Å². The van der Waals surface area contributed by atoms with Gasteiger partial charge >= 0.3 is 0 Å². The van der Waals surface area contributed by atoms with Crippen molar-refractivity contribution in [2.75, 3.05) is 18.5 Å². The summed E-state index contributed by atoms with van der Waals surface area (Å²) in [5.74, 6) is 2.75. The van der Waals surface area contributed by atoms with Crippen LogP contribution in [0.3, 0.4) is 0 Å². The fourth-order valence-corrected chi connectivity index (χ4v) is 4.64. The second kappa shape index (κ2) is 8.34. The SMILES string of the molecule is Cc1cnc2[nH]cc(Oc3cnc4nc(Nc5cc(C(C)(C)C)n(C6CCOC6)n5)n(C)c4c3)c2c1. The lowest BCUT2D eigenvalue weighted by Crippen LogP contribution is -2.22. The lowest BCUT2D eigenvalue weighted by atomic mass is 9.91. The van der Waals surface area contributed by atoms with Gasteiger partial charge in [-0.25, -0.2) is 9.97 Å². The van der Waals surface area contributed by atoms with Gasteiger partial charge in [-0.05, 0) is 25.0 Å². The molecule has 5 aromatic rings. The first kappa shape index (κ1) is 22.5. The molecule has 0 aromatic carbocycles. The molecule has 36 heavy (non-hydrogen) atoms. The number of ether oxygens (including phenoxy) is 2. The van der Waals surface area contributed by atoms with E-state index in [9.17, 15) is 0 Å². The molecule has 186 valence electrons. The van der Waals surface area contributed by atoms with Gasteiger partial charge in [0.05, 0.1) is 29.7 Å². The van der Waals surface area contributed by atoms with E-state index in [4.69, 9.17) is 19.6 Å². The Morgan fingerprint density at radius 1 is 1.17 bits per heavy atom. The summed E-state index contributed by atoms with van der Waals surface area (Å²) in [6.45, 7) is 10.1. The van der Waals surface area contributed by atoms with Gasteiger partial charge < -0.3 is 24.3 Å². The van der Waals surface area contributed by atoms with E-state index in [1.54, 1.807) is 6.20 Å². The molecule has 1 unspecified atom stereocenters. The van der Waals surface area contributed by atoms with Crippen molar-refractivity contribution in [2.45, 2.75) is 45.6 Å². The first-order valence-corrected chi connectivity index (χ1v) is 12.1. The molecule has 0 amide bonds. The van der Waals surface area contributed by atoms with Crippen LogP contribution in [0.15, 0.2) is 36.8 Å². The Labute approximate surface area is 208 Å². The van der Waals surface area contributed by atoms with E-state index in [1.165, 1.54) is 0 Å². The van der Waals surface area contributed by atoms with Crippen LogP contribution >= 0.6 is 0 Å². The molecule has 6 rings (SSSR count). The minimum absolute atomic E-state index is 0.0495. The molecular formula is C26H30N8O2. The normalized spacial score (nSPS) is 16.3. The molecule has 0 aliphatic carbocycles. The van der Waals surface area contributed by atoms with E-state index >= 15 is 0 Å². The van der Waals surface area contributed by atoms with Gasteiger partial charge in [-0.2, -0.15) is 10.1 Å². The van der Waals surface area contributed by atoms with Gasteiger partial charge in [0.1, 0.15) is 11.4 Å². The number of aromatic amines is 1. The number of nitrogens with one attached hydrogen (secondary N) is 2. The number of aryl methyl sites for hydroxylation is 2. The summed E-state index contributed by atoms with van der Waals surface area (Å²) < 4.78 is 15.9. The van der Waals surface area contributed by atoms with Crippen molar-refractivity contribution in [1.82, 2.24) is 34.3 Å². The Hall–Kier alpha value is -3.92. The van der Waals surface area contributed by atoms with Crippen molar-refractivity contribution < 1.29 is 9.47 Å². The summed E-state index contributed by atoms with van der Waals surface area (Å²) in [4.78, 5) is 16.8. The lowest BCUT2D eigenvalue weighted by Gasteiger charge is -2.22. The third-order valence-corrected chi connectivity index (χ3v) is 6.57.